The zero-order valence-corrected chi connectivity index (χ0v) is 11.0. The number of rotatable bonds is 0. The van der Waals surface area contributed by atoms with Crippen molar-refractivity contribution in [2.24, 2.45) is 5.73 Å². The van der Waals surface area contributed by atoms with Crippen molar-refractivity contribution in [1.29, 1.82) is 0 Å². The van der Waals surface area contributed by atoms with Gasteiger partial charge in [-0.05, 0) is 22.4 Å². The molecule has 0 fully saturated rings. The zero-order valence-electron chi connectivity index (χ0n) is 11.0. The number of benzene rings is 3. The van der Waals surface area contributed by atoms with Gasteiger partial charge < -0.3 is 10.3 Å². The molecule has 2 N–H and O–H groups in total. The first-order valence-electron chi connectivity index (χ1n) is 7.03. The second-order valence-corrected chi connectivity index (χ2v) is 5.64. The Hall–Kier alpha value is -2.32. The molecule has 4 aromatic rings. The number of para-hydroxylation sites is 1. The predicted octanol–water partition coefficient (Wildman–Crippen LogP) is 3.96. The molecule has 1 aliphatic heterocycles. The van der Waals surface area contributed by atoms with Crippen molar-refractivity contribution < 1.29 is 0 Å². The molecule has 0 amide bonds. The van der Waals surface area contributed by atoms with Crippen LogP contribution in [0.5, 0.6) is 0 Å². The van der Waals surface area contributed by atoms with Crippen LogP contribution in [0.1, 0.15) is 11.6 Å². The lowest BCUT2D eigenvalue weighted by Gasteiger charge is -2.07. The van der Waals surface area contributed by atoms with Gasteiger partial charge in [0.25, 0.3) is 0 Å². The molecule has 3 aromatic carbocycles. The molecule has 2 heterocycles. The van der Waals surface area contributed by atoms with Crippen LogP contribution in [0.3, 0.4) is 0 Å². The van der Waals surface area contributed by atoms with Gasteiger partial charge >= 0.3 is 0 Å². The highest BCUT2D eigenvalue weighted by Crippen LogP contribution is 2.41. The third kappa shape index (κ3) is 1.09. The lowest BCUT2D eigenvalue weighted by molar-refractivity contribution is 0.647. The highest BCUT2D eigenvalue weighted by atomic mass is 15.0. The van der Waals surface area contributed by atoms with Gasteiger partial charge in [-0.25, -0.2) is 0 Å². The Bertz CT molecular complexity index is 994. The summed E-state index contributed by atoms with van der Waals surface area (Å²) >= 11 is 0. The summed E-state index contributed by atoms with van der Waals surface area (Å²) in [6.07, 6.45) is 0. The van der Waals surface area contributed by atoms with Crippen molar-refractivity contribution in [3.05, 3.63) is 60.2 Å². The monoisotopic (exact) mass is 258 g/mol. The van der Waals surface area contributed by atoms with Crippen LogP contribution in [0, 0.1) is 0 Å². The van der Waals surface area contributed by atoms with Gasteiger partial charge in [-0.2, -0.15) is 0 Å². The van der Waals surface area contributed by atoms with Crippen LogP contribution >= 0.6 is 0 Å². The highest BCUT2D eigenvalue weighted by Gasteiger charge is 2.24. The van der Waals surface area contributed by atoms with Crippen molar-refractivity contribution in [3.8, 4) is 0 Å². The van der Waals surface area contributed by atoms with Gasteiger partial charge in [-0.1, -0.05) is 48.5 Å². The van der Waals surface area contributed by atoms with E-state index in [1.165, 1.54) is 38.1 Å². The van der Waals surface area contributed by atoms with E-state index in [0.717, 1.165) is 6.54 Å². The quantitative estimate of drug-likeness (QED) is 0.508. The van der Waals surface area contributed by atoms with Gasteiger partial charge in [-0.3, -0.25) is 0 Å². The minimum atomic E-state index is 0.129. The molecule has 96 valence electrons. The topological polar surface area (TPSA) is 30.9 Å². The highest BCUT2D eigenvalue weighted by molar-refractivity contribution is 6.21. The van der Waals surface area contributed by atoms with E-state index >= 15 is 0 Å². The maximum Gasteiger partial charge on any atom is 0.0541 e. The Labute approximate surface area is 116 Å². The molecule has 0 radical (unpaired) electrons. The summed E-state index contributed by atoms with van der Waals surface area (Å²) in [6.45, 7) is 0.887. The number of hydrogen-bond acceptors (Lipinski definition) is 1. The van der Waals surface area contributed by atoms with Crippen LogP contribution in [0.2, 0.25) is 0 Å². The first kappa shape index (κ1) is 10.5. The Kier molecular flexibility index (Phi) is 1.78. The molecule has 2 nitrogen and oxygen atoms in total. The van der Waals surface area contributed by atoms with E-state index in [1.807, 2.05) is 0 Å². The van der Waals surface area contributed by atoms with Crippen molar-refractivity contribution >= 4 is 32.6 Å². The number of aromatic nitrogens is 1. The van der Waals surface area contributed by atoms with Crippen molar-refractivity contribution in [3.63, 3.8) is 0 Å². The Morgan fingerprint density at radius 3 is 2.70 bits per heavy atom. The molecule has 1 unspecified atom stereocenters. The second kappa shape index (κ2) is 3.41. The zero-order chi connectivity index (χ0) is 13.3. The minimum absolute atomic E-state index is 0.129. The summed E-state index contributed by atoms with van der Waals surface area (Å²) in [5, 5.41) is 5.34. The van der Waals surface area contributed by atoms with Crippen LogP contribution in [-0.4, -0.2) is 4.57 Å². The third-order valence-electron chi connectivity index (χ3n) is 4.58. The fourth-order valence-electron chi connectivity index (χ4n) is 3.74. The summed E-state index contributed by atoms with van der Waals surface area (Å²) in [5.41, 5.74) is 10.2. The van der Waals surface area contributed by atoms with Gasteiger partial charge in [-0.15, -0.1) is 0 Å². The fourth-order valence-corrected chi connectivity index (χ4v) is 3.74. The number of nitrogens with two attached hydrogens (primary N) is 1. The molecular weight excluding hydrogens is 244 g/mol. The van der Waals surface area contributed by atoms with Crippen LogP contribution < -0.4 is 5.73 Å². The Morgan fingerprint density at radius 1 is 0.900 bits per heavy atom. The molecule has 20 heavy (non-hydrogen) atoms. The first-order valence-corrected chi connectivity index (χ1v) is 7.03. The van der Waals surface area contributed by atoms with E-state index in [4.69, 9.17) is 5.73 Å². The van der Waals surface area contributed by atoms with Crippen LogP contribution in [0.4, 0.5) is 0 Å². The molecule has 0 aliphatic carbocycles. The summed E-state index contributed by atoms with van der Waals surface area (Å²) < 4.78 is 2.39. The average molecular weight is 258 g/mol. The minimum Gasteiger partial charge on any atom is -0.338 e. The lowest BCUT2D eigenvalue weighted by Crippen LogP contribution is -2.10. The summed E-state index contributed by atoms with van der Waals surface area (Å²) in [7, 11) is 0. The number of hydrogen-bond donors (Lipinski definition) is 1. The van der Waals surface area contributed by atoms with Crippen LogP contribution in [0.15, 0.2) is 54.6 Å². The van der Waals surface area contributed by atoms with Gasteiger partial charge in [0, 0.05) is 28.9 Å². The van der Waals surface area contributed by atoms with Gasteiger partial charge in [0.1, 0.15) is 0 Å². The molecule has 1 aliphatic rings. The van der Waals surface area contributed by atoms with E-state index in [0.29, 0.717) is 0 Å². The lowest BCUT2D eigenvalue weighted by atomic mass is 10.0. The van der Waals surface area contributed by atoms with Gasteiger partial charge in [0.2, 0.25) is 0 Å². The SMILES string of the molecule is NC1Cn2c3ccc4ccccc4c3c3cccc1c32. The van der Waals surface area contributed by atoms with Gasteiger partial charge in [0.05, 0.1) is 5.52 Å². The predicted molar refractivity (Wildman–Crippen MR) is 83.9 cm³/mol. The normalized spacial score (nSPS) is 17.6. The van der Waals surface area contributed by atoms with E-state index in [2.05, 4.69) is 59.2 Å². The molecule has 0 spiro atoms. The molecular formula is C18H14N2. The number of nitrogens with zero attached hydrogens (tertiary/aromatic N) is 1. The molecule has 0 bridgehead atoms. The summed E-state index contributed by atoms with van der Waals surface area (Å²) in [5.74, 6) is 0. The Morgan fingerprint density at radius 2 is 1.75 bits per heavy atom. The van der Waals surface area contributed by atoms with Gasteiger partial charge in [0.15, 0.2) is 0 Å². The van der Waals surface area contributed by atoms with E-state index in [-0.39, 0.29) is 6.04 Å². The molecule has 2 heteroatoms. The molecule has 1 atom stereocenters. The third-order valence-corrected chi connectivity index (χ3v) is 4.58. The summed E-state index contributed by atoms with van der Waals surface area (Å²) in [6, 6.07) is 19.7. The first-order chi connectivity index (χ1) is 9.84. The standard InChI is InChI=1S/C18H14N2/c19-15-10-20-16-9-8-11-4-1-2-5-12(11)17(16)14-7-3-6-13(15)18(14)20/h1-9,15H,10,19H2. The van der Waals surface area contributed by atoms with E-state index < -0.39 is 0 Å². The molecule has 0 saturated heterocycles. The fraction of sp³-hybridized carbons (Fsp3) is 0.111. The van der Waals surface area contributed by atoms with Crippen LogP contribution in [-0.2, 0) is 6.54 Å². The molecule has 5 rings (SSSR count). The maximum absolute atomic E-state index is 6.27. The van der Waals surface area contributed by atoms with E-state index in [9.17, 15) is 0 Å². The van der Waals surface area contributed by atoms with Crippen molar-refractivity contribution in [2.75, 3.05) is 0 Å². The summed E-state index contributed by atoms with van der Waals surface area (Å²) in [4.78, 5) is 0. The average Bonchev–Trinajstić information content (AvgIpc) is 2.99. The largest absolute Gasteiger partial charge is 0.338 e. The second-order valence-electron chi connectivity index (χ2n) is 5.64. The number of fused-ring (bicyclic) bond motifs is 5. The van der Waals surface area contributed by atoms with Crippen molar-refractivity contribution in [1.82, 2.24) is 4.57 Å². The van der Waals surface area contributed by atoms with E-state index in [1.54, 1.807) is 0 Å². The van der Waals surface area contributed by atoms with Crippen molar-refractivity contribution in [2.45, 2.75) is 12.6 Å². The maximum atomic E-state index is 6.27. The molecule has 1 aromatic heterocycles. The van der Waals surface area contributed by atoms with Crippen LogP contribution in [0.25, 0.3) is 32.6 Å². The Balaban J connectivity index is 2.14. The smallest absolute Gasteiger partial charge is 0.0541 e. The molecule has 0 saturated carbocycles.